The number of benzene rings is 1. The highest BCUT2D eigenvalue weighted by atomic mass is 16.5. The molecule has 0 atom stereocenters. The largest absolute Gasteiger partial charge is 0.504 e. The summed E-state index contributed by atoms with van der Waals surface area (Å²) in [7, 11) is 1.53. The topological polar surface area (TPSA) is 75.1 Å². The van der Waals surface area contributed by atoms with Crippen LogP contribution in [0.2, 0.25) is 0 Å². The average molecular weight is 337 g/mol. The summed E-state index contributed by atoms with van der Waals surface area (Å²) in [5, 5.41) is 16.3. The molecule has 0 aliphatic heterocycles. The van der Waals surface area contributed by atoms with Crippen LogP contribution >= 0.6 is 0 Å². The van der Waals surface area contributed by atoms with Crippen LogP contribution in [0.1, 0.15) is 38.7 Å². The lowest BCUT2D eigenvalue weighted by molar-refractivity contribution is 0.129. The van der Waals surface area contributed by atoms with Crippen LogP contribution in [-0.2, 0) is 11.3 Å². The van der Waals surface area contributed by atoms with Gasteiger partial charge in [-0.1, -0.05) is 19.4 Å². The predicted octanol–water partition coefficient (Wildman–Crippen LogP) is 2.66. The predicted molar refractivity (Wildman–Crippen MR) is 97.8 cm³/mol. The van der Waals surface area contributed by atoms with Crippen LogP contribution in [0.3, 0.4) is 0 Å². The molecule has 0 fully saturated rings. The number of phenolic OH excluding ortho intramolecular Hbond substituents is 1. The molecule has 0 spiro atoms. The van der Waals surface area contributed by atoms with Crippen molar-refractivity contribution in [3.63, 3.8) is 0 Å². The van der Waals surface area contributed by atoms with E-state index in [2.05, 4.69) is 22.5 Å². The second-order valence-electron chi connectivity index (χ2n) is 5.45. The number of guanidine groups is 1. The van der Waals surface area contributed by atoms with Gasteiger partial charge in [0.1, 0.15) is 0 Å². The van der Waals surface area contributed by atoms with Gasteiger partial charge in [-0.15, -0.1) is 0 Å². The van der Waals surface area contributed by atoms with Crippen molar-refractivity contribution in [2.24, 2.45) is 4.99 Å². The van der Waals surface area contributed by atoms with E-state index in [-0.39, 0.29) is 5.75 Å². The number of unbranched alkanes of at least 4 members (excludes halogenated alkanes) is 1. The highest BCUT2D eigenvalue weighted by Crippen LogP contribution is 2.26. The van der Waals surface area contributed by atoms with E-state index >= 15 is 0 Å². The molecule has 0 saturated carbocycles. The zero-order chi connectivity index (χ0) is 17.6. The molecule has 0 unspecified atom stereocenters. The smallest absolute Gasteiger partial charge is 0.191 e. The van der Waals surface area contributed by atoms with Crippen LogP contribution in [0.15, 0.2) is 23.2 Å². The van der Waals surface area contributed by atoms with E-state index < -0.39 is 0 Å². The summed E-state index contributed by atoms with van der Waals surface area (Å²) in [6, 6.07) is 5.31. The molecule has 3 N–H and O–H groups in total. The van der Waals surface area contributed by atoms with E-state index in [1.54, 1.807) is 12.1 Å². The molecule has 0 amide bonds. The molecule has 24 heavy (non-hydrogen) atoms. The fraction of sp³-hybridized carbons (Fsp3) is 0.611. The number of nitrogens with zero attached hydrogens (tertiary/aromatic N) is 1. The third-order valence-corrected chi connectivity index (χ3v) is 3.41. The van der Waals surface area contributed by atoms with Gasteiger partial charge < -0.3 is 25.2 Å². The molecule has 136 valence electrons. The summed E-state index contributed by atoms with van der Waals surface area (Å²) in [6.07, 6.45) is 3.22. The van der Waals surface area contributed by atoms with Crippen molar-refractivity contribution in [2.45, 2.75) is 39.7 Å². The Morgan fingerprint density at radius 1 is 1.17 bits per heavy atom. The van der Waals surface area contributed by atoms with E-state index in [9.17, 15) is 5.11 Å². The molecular formula is C18H31N3O3. The van der Waals surface area contributed by atoms with Crippen molar-refractivity contribution in [1.29, 1.82) is 0 Å². The summed E-state index contributed by atoms with van der Waals surface area (Å²) in [5.41, 5.74) is 0.924. The minimum atomic E-state index is 0.132. The van der Waals surface area contributed by atoms with Gasteiger partial charge in [0.05, 0.1) is 13.7 Å². The molecule has 0 bridgehead atoms. The maximum absolute atomic E-state index is 9.80. The number of aromatic hydroxyl groups is 1. The molecule has 6 nitrogen and oxygen atoms in total. The normalized spacial score (nSPS) is 11.4. The first-order valence-corrected chi connectivity index (χ1v) is 8.67. The lowest BCUT2D eigenvalue weighted by atomic mass is 10.2. The van der Waals surface area contributed by atoms with Gasteiger partial charge in [0.2, 0.25) is 0 Å². The Hall–Kier alpha value is -1.95. The number of nitrogens with one attached hydrogen (secondary N) is 2. The highest BCUT2D eigenvalue weighted by Gasteiger charge is 2.03. The van der Waals surface area contributed by atoms with Gasteiger partial charge >= 0.3 is 0 Å². The van der Waals surface area contributed by atoms with E-state index in [0.717, 1.165) is 57.1 Å². The van der Waals surface area contributed by atoms with E-state index in [4.69, 9.17) is 9.47 Å². The number of methoxy groups -OCH3 is 1. The lowest BCUT2D eigenvalue weighted by Crippen LogP contribution is -2.38. The van der Waals surface area contributed by atoms with Gasteiger partial charge in [-0.05, 0) is 37.5 Å². The standard InChI is InChI=1S/C18H31N3O3/c1-4-6-11-24-12-7-10-20-18(19-5-2)21-14-15-8-9-17(23-3)16(22)13-15/h8-9,13,22H,4-7,10-12,14H2,1-3H3,(H2,19,20,21). The maximum atomic E-state index is 9.80. The second-order valence-corrected chi connectivity index (χ2v) is 5.45. The Morgan fingerprint density at radius 2 is 1.96 bits per heavy atom. The van der Waals surface area contributed by atoms with E-state index in [1.165, 1.54) is 7.11 Å². The van der Waals surface area contributed by atoms with Crippen LogP contribution in [-0.4, -0.2) is 44.5 Å². The Kier molecular flexibility index (Phi) is 10.4. The molecule has 1 aromatic carbocycles. The molecule has 0 aliphatic rings. The fourth-order valence-corrected chi connectivity index (χ4v) is 2.08. The summed E-state index contributed by atoms with van der Waals surface area (Å²) < 4.78 is 10.6. The summed E-state index contributed by atoms with van der Waals surface area (Å²) in [4.78, 5) is 4.53. The van der Waals surface area contributed by atoms with Crippen molar-refractivity contribution in [2.75, 3.05) is 33.4 Å². The molecule has 0 aromatic heterocycles. The number of ether oxygens (including phenoxy) is 2. The Bertz CT molecular complexity index is 492. The molecule has 1 rings (SSSR count). The first kappa shape index (κ1) is 20.1. The van der Waals surface area contributed by atoms with Gasteiger partial charge in [-0.2, -0.15) is 0 Å². The van der Waals surface area contributed by atoms with Gasteiger partial charge in [0.25, 0.3) is 0 Å². The minimum Gasteiger partial charge on any atom is -0.504 e. The first-order valence-electron chi connectivity index (χ1n) is 8.67. The van der Waals surface area contributed by atoms with Crippen LogP contribution < -0.4 is 15.4 Å². The third-order valence-electron chi connectivity index (χ3n) is 3.41. The van der Waals surface area contributed by atoms with Gasteiger partial charge in [0.15, 0.2) is 17.5 Å². The quantitative estimate of drug-likeness (QED) is 0.329. The van der Waals surface area contributed by atoms with Crippen LogP contribution in [0.4, 0.5) is 0 Å². The monoisotopic (exact) mass is 337 g/mol. The SMILES string of the molecule is CCCCOCCCNC(=NCc1ccc(OC)c(O)c1)NCC. The molecular weight excluding hydrogens is 306 g/mol. The molecule has 0 radical (unpaired) electrons. The highest BCUT2D eigenvalue weighted by molar-refractivity contribution is 5.79. The average Bonchev–Trinajstić information content (AvgIpc) is 2.59. The van der Waals surface area contributed by atoms with E-state index in [0.29, 0.717) is 12.3 Å². The summed E-state index contributed by atoms with van der Waals surface area (Å²) in [6.45, 7) is 7.89. The maximum Gasteiger partial charge on any atom is 0.191 e. The number of hydrogen-bond donors (Lipinski definition) is 3. The molecule has 6 heteroatoms. The Balaban J connectivity index is 2.40. The molecule has 0 heterocycles. The van der Waals surface area contributed by atoms with Crippen molar-refractivity contribution >= 4 is 5.96 Å². The zero-order valence-electron chi connectivity index (χ0n) is 15.1. The van der Waals surface area contributed by atoms with Crippen molar-refractivity contribution in [3.05, 3.63) is 23.8 Å². The third kappa shape index (κ3) is 8.06. The van der Waals surface area contributed by atoms with Crippen LogP contribution in [0.5, 0.6) is 11.5 Å². The minimum absolute atomic E-state index is 0.132. The van der Waals surface area contributed by atoms with Gasteiger partial charge in [-0.25, -0.2) is 4.99 Å². The molecule has 0 saturated heterocycles. The fourth-order valence-electron chi connectivity index (χ4n) is 2.08. The van der Waals surface area contributed by atoms with Crippen LogP contribution in [0, 0.1) is 0 Å². The Labute approximate surface area is 145 Å². The lowest BCUT2D eigenvalue weighted by Gasteiger charge is -2.11. The Morgan fingerprint density at radius 3 is 2.62 bits per heavy atom. The molecule has 1 aromatic rings. The zero-order valence-corrected chi connectivity index (χ0v) is 15.1. The van der Waals surface area contributed by atoms with Crippen molar-refractivity contribution in [3.8, 4) is 11.5 Å². The van der Waals surface area contributed by atoms with Gasteiger partial charge in [-0.3, -0.25) is 0 Å². The van der Waals surface area contributed by atoms with Crippen molar-refractivity contribution < 1.29 is 14.6 Å². The number of aliphatic imine (C=N–C) groups is 1. The summed E-state index contributed by atoms with van der Waals surface area (Å²) >= 11 is 0. The van der Waals surface area contributed by atoms with Gasteiger partial charge in [0, 0.05) is 26.3 Å². The van der Waals surface area contributed by atoms with E-state index in [1.807, 2.05) is 13.0 Å². The summed E-state index contributed by atoms with van der Waals surface area (Å²) in [5.74, 6) is 1.37. The first-order chi connectivity index (χ1) is 11.7. The second kappa shape index (κ2) is 12.5. The number of hydrogen-bond acceptors (Lipinski definition) is 4. The van der Waals surface area contributed by atoms with Crippen LogP contribution in [0.25, 0.3) is 0 Å². The number of phenols is 1. The molecule has 0 aliphatic carbocycles. The van der Waals surface area contributed by atoms with Crippen molar-refractivity contribution in [1.82, 2.24) is 10.6 Å². The number of rotatable bonds is 11.